The van der Waals surface area contributed by atoms with Gasteiger partial charge < -0.3 is 20.9 Å². The van der Waals surface area contributed by atoms with E-state index in [9.17, 15) is 4.79 Å². The van der Waals surface area contributed by atoms with E-state index in [1.54, 1.807) is 0 Å². The van der Waals surface area contributed by atoms with E-state index in [2.05, 4.69) is 35.9 Å². The van der Waals surface area contributed by atoms with E-state index in [1.807, 2.05) is 0 Å². The number of hydrogen-bond acceptors (Lipinski definition) is 3. The van der Waals surface area contributed by atoms with Crippen LogP contribution in [-0.2, 0) is 4.79 Å². The molecule has 0 aromatic carbocycles. The van der Waals surface area contributed by atoms with Crippen LogP contribution in [0.25, 0.3) is 0 Å². The number of halogens is 1. The van der Waals surface area contributed by atoms with Crippen molar-refractivity contribution < 1.29 is 4.79 Å². The molecule has 1 amide bonds. The number of carbonyl (C=O) groups excluding carboxylic acids is 1. The number of nitrogens with one attached hydrogen (secondary N) is 1. The number of primary amides is 1. The lowest BCUT2D eigenvalue weighted by atomic mass is 9.78. The average molecular weight is 508 g/mol. The third kappa shape index (κ3) is 8.05. The molecular formula is C21H42IN5O. The van der Waals surface area contributed by atoms with Gasteiger partial charge in [0.25, 0.3) is 0 Å². The Balaban J connectivity index is 0.00000392. The van der Waals surface area contributed by atoms with Gasteiger partial charge in [0.15, 0.2) is 5.96 Å². The Morgan fingerprint density at radius 2 is 2.07 bits per heavy atom. The van der Waals surface area contributed by atoms with E-state index in [0.717, 1.165) is 71.0 Å². The minimum atomic E-state index is -0.146. The molecule has 2 aliphatic heterocycles. The number of likely N-dealkylation sites (tertiary alicyclic amines) is 2. The molecule has 2 heterocycles. The summed E-state index contributed by atoms with van der Waals surface area (Å²) >= 11 is 0. The summed E-state index contributed by atoms with van der Waals surface area (Å²) in [5, 5.41) is 3.49. The number of rotatable bonds is 8. The second-order valence-electron chi connectivity index (χ2n) is 8.72. The van der Waals surface area contributed by atoms with E-state index in [4.69, 9.17) is 10.7 Å². The van der Waals surface area contributed by atoms with E-state index < -0.39 is 0 Å². The number of aliphatic imine (C=N–C) groups is 1. The van der Waals surface area contributed by atoms with Crippen LogP contribution < -0.4 is 11.1 Å². The number of carbonyl (C=O) groups is 1. The normalized spacial score (nSPS) is 26.6. The minimum absolute atomic E-state index is 0. The quantitative estimate of drug-likeness (QED) is 0.229. The Hall–Kier alpha value is -0.570. The second kappa shape index (κ2) is 12.9. The van der Waals surface area contributed by atoms with E-state index in [1.165, 1.54) is 25.7 Å². The molecule has 2 unspecified atom stereocenters. The van der Waals surface area contributed by atoms with Crippen molar-refractivity contribution in [1.82, 2.24) is 15.1 Å². The van der Waals surface area contributed by atoms with Crippen molar-refractivity contribution in [2.75, 3.05) is 45.8 Å². The second-order valence-corrected chi connectivity index (χ2v) is 8.72. The van der Waals surface area contributed by atoms with Gasteiger partial charge in [-0.1, -0.05) is 20.3 Å². The molecule has 0 bridgehead atoms. The number of guanidine groups is 1. The van der Waals surface area contributed by atoms with Gasteiger partial charge >= 0.3 is 0 Å². The zero-order valence-electron chi connectivity index (χ0n) is 18.2. The molecule has 0 aromatic heterocycles. The summed E-state index contributed by atoms with van der Waals surface area (Å²) in [6.45, 7) is 13.7. The van der Waals surface area contributed by atoms with Gasteiger partial charge in [-0.15, -0.1) is 24.0 Å². The van der Waals surface area contributed by atoms with Gasteiger partial charge in [-0.25, -0.2) is 0 Å². The summed E-state index contributed by atoms with van der Waals surface area (Å²) in [5.41, 5.74) is 5.90. The van der Waals surface area contributed by atoms with Crippen LogP contribution in [0.15, 0.2) is 4.99 Å². The molecule has 2 atom stereocenters. The summed E-state index contributed by atoms with van der Waals surface area (Å²) in [7, 11) is 0. The minimum Gasteiger partial charge on any atom is -0.369 e. The van der Waals surface area contributed by atoms with Crippen molar-refractivity contribution in [1.29, 1.82) is 0 Å². The molecule has 3 N–H and O–H groups in total. The van der Waals surface area contributed by atoms with Crippen molar-refractivity contribution in [3.05, 3.63) is 0 Å². The molecule has 2 rings (SSSR count). The maximum absolute atomic E-state index is 11.4. The molecule has 2 fully saturated rings. The average Bonchev–Trinajstić information content (AvgIpc) is 2.64. The van der Waals surface area contributed by atoms with Crippen molar-refractivity contribution in [3.8, 4) is 0 Å². The van der Waals surface area contributed by atoms with Gasteiger partial charge in [-0.2, -0.15) is 0 Å². The van der Waals surface area contributed by atoms with Gasteiger partial charge in [0, 0.05) is 32.7 Å². The van der Waals surface area contributed by atoms with Gasteiger partial charge in [0.1, 0.15) is 0 Å². The maximum atomic E-state index is 11.4. The first kappa shape index (κ1) is 25.5. The monoisotopic (exact) mass is 507 g/mol. The summed E-state index contributed by atoms with van der Waals surface area (Å²) in [4.78, 5) is 21.2. The van der Waals surface area contributed by atoms with Crippen LogP contribution >= 0.6 is 24.0 Å². The molecule has 6 nitrogen and oxygen atoms in total. The summed E-state index contributed by atoms with van der Waals surface area (Å²) < 4.78 is 0. The first-order chi connectivity index (χ1) is 13.0. The largest absolute Gasteiger partial charge is 0.369 e. The third-order valence-corrected chi connectivity index (χ3v) is 6.07. The molecule has 164 valence electrons. The molecular weight excluding hydrogens is 465 g/mol. The van der Waals surface area contributed by atoms with Crippen LogP contribution in [0.4, 0.5) is 0 Å². The molecule has 0 aromatic rings. The van der Waals surface area contributed by atoms with Gasteiger partial charge in [0.2, 0.25) is 5.91 Å². The molecule has 0 radical (unpaired) electrons. The van der Waals surface area contributed by atoms with E-state index in [-0.39, 0.29) is 35.8 Å². The number of hydrogen-bond donors (Lipinski definition) is 2. The summed E-state index contributed by atoms with van der Waals surface area (Å²) in [6, 6.07) is 0. The first-order valence-corrected chi connectivity index (χ1v) is 11.0. The number of amides is 1. The first-order valence-electron chi connectivity index (χ1n) is 11.0. The lowest BCUT2D eigenvalue weighted by molar-refractivity contribution is -0.123. The van der Waals surface area contributed by atoms with Crippen LogP contribution in [-0.4, -0.2) is 67.5 Å². The Kier molecular flexibility index (Phi) is 11.7. The Bertz CT molecular complexity index is 497. The summed E-state index contributed by atoms with van der Waals surface area (Å²) in [6.07, 6.45) is 8.17. The standard InChI is InChI=1S/C21H41N5O.HI/c1-4-10-21(3)11-7-15-26(17-21)20(23-5-2)24-12-8-14-25-13-6-9-18(16-25)19(22)27;/h18H,4-17H2,1-3H3,(H2,22,27)(H,23,24);1H. The fourth-order valence-corrected chi connectivity index (χ4v) is 4.70. The van der Waals surface area contributed by atoms with Crippen molar-refractivity contribution in [2.45, 2.75) is 65.7 Å². The molecule has 0 aliphatic carbocycles. The van der Waals surface area contributed by atoms with Crippen LogP contribution in [0.2, 0.25) is 0 Å². The Labute approximate surface area is 189 Å². The van der Waals surface area contributed by atoms with Crippen molar-refractivity contribution in [3.63, 3.8) is 0 Å². The zero-order chi connectivity index (χ0) is 19.7. The molecule has 2 aliphatic rings. The fourth-order valence-electron chi connectivity index (χ4n) is 4.70. The number of nitrogens with zero attached hydrogens (tertiary/aromatic N) is 3. The number of nitrogens with two attached hydrogens (primary N) is 1. The number of piperidine rings is 2. The topological polar surface area (TPSA) is 74.0 Å². The molecule has 0 saturated carbocycles. The predicted octanol–water partition coefficient (Wildman–Crippen LogP) is 3.06. The highest BCUT2D eigenvalue weighted by Crippen LogP contribution is 2.33. The Morgan fingerprint density at radius 1 is 1.29 bits per heavy atom. The SMILES string of the molecule is CCCC1(C)CCCN(C(=NCCCN2CCCC(C(N)=O)C2)NCC)C1.I. The van der Waals surface area contributed by atoms with Crippen molar-refractivity contribution >= 4 is 35.8 Å². The van der Waals surface area contributed by atoms with Crippen LogP contribution in [0, 0.1) is 11.3 Å². The molecule has 2 saturated heterocycles. The van der Waals surface area contributed by atoms with E-state index >= 15 is 0 Å². The van der Waals surface area contributed by atoms with E-state index in [0.29, 0.717) is 5.41 Å². The highest BCUT2D eigenvalue weighted by molar-refractivity contribution is 14.0. The fraction of sp³-hybridized carbons (Fsp3) is 0.905. The van der Waals surface area contributed by atoms with Crippen molar-refractivity contribution in [2.24, 2.45) is 22.1 Å². The highest BCUT2D eigenvalue weighted by Gasteiger charge is 2.31. The van der Waals surface area contributed by atoms with Gasteiger partial charge in [0.05, 0.1) is 5.92 Å². The molecule has 7 heteroatoms. The lowest BCUT2D eigenvalue weighted by Crippen LogP contribution is -2.50. The smallest absolute Gasteiger partial charge is 0.221 e. The third-order valence-electron chi connectivity index (χ3n) is 6.07. The highest BCUT2D eigenvalue weighted by atomic mass is 127. The maximum Gasteiger partial charge on any atom is 0.221 e. The van der Waals surface area contributed by atoms with Gasteiger partial charge in [-0.3, -0.25) is 9.79 Å². The molecule has 0 spiro atoms. The van der Waals surface area contributed by atoms with Crippen LogP contribution in [0.1, 0.15) is 65.7 Å². The lowest BCUT2D eigenvalue weighted by Gasteiger charge is -2.42. The van der Waals surface area contributed by atoms with Crippen LogP contribution in [0.5, 0.6) is 0 Å². The molecule has 28 heavy (non-hydrogen) atoms. The van der Waals surface area contributed by atoms with Gasteiger partial charge in [-0.05, 0) is 64.0 Å². The zero-order valence-corrected chi connectivity index (χ0v) is 20.5. The van der Waals surface area contributed by atoms with Crippen LogP contribution in [0.3, 0.4) is 0 Å². The Morgan fingerprint density at radius 3 is 2.75 bits per heavy atom. The predicted molar refractivity (Wildman–Crippen MR) is 128 cm³/mol. The summed E-state index contributed by atoms with van der Waals surface area (Å²) in [5.74, 6) is 0.963.